The summed E-state index contributed by atoms with van der Waals surface area (Å²) in [5.41, 5.74) is -0.764. The summed E-state index contributed by atoms with van der Waals surface area (Å²) in [6.45, 7) is 0. The maximum atomic E-state index is 14.2. The molecule has 1 aliphatic rings. The number of benzene rings is 2. The average molecular weight is 653 g/mol. The van der Waals surface area contributed by atoms with E-state index in [0.717, 1.165) is 18.2 Å². The van der Waals surface area contributed by atoms with Gasteiger partial charge in [0.1, 0.15) is 11.3 Å². The van der Waals surface area contributed by atoms with Crippen LogP contribution in [0.1, 0.15) is 30.3 Å². The lowest BCUT2D eigenvalue weighted by atomic mass is 10.0. The van der Waals surface area contributed by atoms with Crippen molar-refractivity contribution in [3.63, 3.8) is 0 Å². The van der Waals surface area contributed by atoms with Crippen LogP contribution in [0.2, 0.25) is 5.02 Å². The highest BCUT2D eigenvalue weighted by molar-refractivity contribution is 9.10. The van der Waals surface area contributed by atoms with Gasteiger partial charge < -0.3 is 14.5 Å². The predicted octanol–water partition coefficient (Wildman–Crippen LogP) is 6.03. The summed E-state index contributed by atoms with van der Waals surface area (Å²) < 4.78 is 90.1. The predicted molar refractivity (Wildman–Crippen MR) is 131 cm³/mol. The van der Waals surface area contributed by atoms with Gasteiger partial charge in [0, 0.05) is 10.0 Å². The van der Waals surface area contributed by atoms with Crippen molar-refractivity contribution in [3.8, 4) is 23.3 Å². The Morgan fingerprint density at radius 3 is 2.38 bits per heavy atom. The molecule has 1 aromatic heterocycles. The van der Waals surface area contributed by atoms with Crippen molar-refractivity contribution in [3.05, 3.63) is 63.4 Å². The van der Waals surface area contributed by atoms with Gasteiger partial charge in [-0.3, -0.25) is 10.1 Å². The number of ether oxygens (including phenoxy) is 1. The van der Waals surface area contributed by atoms with Crippen LogP contribution in [0.15, 0.2) is 51.4 Å². The van der Waals surface area contributed by atoms with Gasteiger partial charge in [-0.2, -0.15) is 18.4 Å². The first-order chi connectivity index (χ1) is 18.7. The second-order valence-corrected chi connectivity index (χ2v) is 10.2. The molecular weight excluding hydrogens is 636 g/mol. The Morgan fingerprint density at radius 1 is 1.15 bits per heavy atom. The van der Waals surface area contributed by atoms with Gasteiger partial charge in [0.25, 0.3) is 0 Å². The lowest BCUT2D eigenvalue weighted by Gasteiger charge is -2.26. The first-order valence-electron chi connectivity index (χ1n) is 11.4. The number of nitrogens with zero attached hydrogens (tertiary/aromatic N) is 3. The molecule has 0 spiro atoms. The van der Waals surface area contributed by atoms with Crippen LogP contribution in [-0.4, -0.2) is 40.2 Å². The van der Waals surface area contributed by atoms with Crippen LogP contribution in [0.25, 0.3) is 11.5 Å². The Labute approximate surface area is 235 Å². The van der Waals surface area contributed by atoms with E-state index in [1.807, 2.05) is 6.07 Å². The molecule has 2 atom stereocenters. The van der Waals surface area contributed by atoms with E-state index in [-0.39, 0.29) is 11.5 Å². The fourth-order valence-electron chi connectivity index (χ4n) is 3.62. The molecule has 0 saturated heterocycles. The monoisotopic (exact) mass is 651 g/mol. The molecule has 0 bridgehead atoms. The summed E-state index contributed by atoms with van der Waals surface area (Å²) in [7, 11) is 0. The number of nitrogens with one attached hydrogen (secondary N) is 2. The number of carbonyl (C=O) groups excluding carboxylic acids is 1. The SMILES string of the molecule is N#CC1(NC(=O)C(Cc2ccc(OC(F)(F)F)c(Cl)c2)NC(c2nnc(-c3ccc(Br)cc3)o2)C(F)(F)F)CC1. The lowest BCUT2D eigenvalue weighted by molar-refractivity contribution is -0.274. The molecule has 2 aromatic carbocycles. The Morgan fingerprint density at radius 2 is 1.82 bits per heavy atom. The number of amides is 1. The summed E-state index contributed by atoms with van der Waals surface area (Å²) in [6.07, 6.45) is -9.89. The fraction of sp³-hybridized carbons (Fsp3) is 0.333. The van der Waals surface area contributed by atoms with E-state index in [0.29, 0.717) is 22.9 Å². The average Bonchev–Trinajstić information content (AvgIpc) is 3.47. The number of hydrogen-bond acceptors (Lipinski definition) is 7. The molecule has 1 fully saturated rings. The smallest absolute Gasteiger partial charge is 0.419 e. The van der Waals surface area contributed by atoms with Crippen LogP contribution in [0, 0.1) is 11.3 Å². The summed E-state index contributed by atoms with van der Waals surface area (Å²) in [5, 5.41) is 20.7. The van der Waals surface area contributed by atoms with Crippen molar-refractivity contribution in [2.45, 2.75) is 49.4 Å². The number of aromatic nitrogens is 2. The van der Waals surface area contributed by atoms with Crippen molar-refractivity contribution in [1.82, 2.24) is 20.8 Å². The van der Waals surface area contributed by atoms with Crippen LogP contribution in [0.4, 0.5) is 26.3 Å². The number of alkyl halides is 6. The Kier molecular flexibility index (Phi) is 8.34. The summed E-state index contributed by atoms with van der Waals surface area (Å²) in [6, 6.07) is 7.01. The second-order valence-electron chi connectivity index (χ2n) is 8.85. The second kappa shape index (κ2) is 11.3. The minimum atomic E-state index is -5.02. The fourth-order valence-corrected chi connectivity index (χ4v) is 4.13. The number of nitriles is 1. The first-order valence-corrected chi connectivity index (χ1v) is 12.5. The van der Waals surface area contributed by atoms with Crippen LogP contribution in [-0.2, 0) is 11.2 Å². The molecule has 4 rings (SSSR count). The number of hydrogen-bond donors (Lipinski definition) is 2. The van der Waals surface area contributed by atoms with Crippen molar-refractivity contribution < 1.29 is 40.3 Å². The molecule has 2 N–H and O–H groups in total. The standard InChI is InChI=1S/C24H17BrClF6N5O3/c25-14-4-2-13(3-5-14)20-36-37-21(39-20)18(23(27,28)29)34-16(19(38)35-22(11-33)7-8-22)10-12-1-6-17(15(26)9-12)40-24(30,31)32/h1-6,9,16,18,34H,7-8,10H2,(H,35,38). The molecule has 40 heavy (non-hydrogen) atoms. The van der Waals surface area contributed by atoms with E-state index >= 15 is 0 Å². The van der Waals surface area contributed by atoms with E-state index in [1.54, 1.807) is 24.3 Å². The maximum absolute atomic E-state index is 14.2. The number of carbonyl (C=O) groups is 1. The van der Waals surface area contributed by atoms with Gasteiger partial charge in [0.05, 0.1) is 17.1 Å². The maximum Gasteiger partial charge on any atom is 0.573 e. The van der Waals surface area contributed by atoms with Crippen molar-refractivity contribution in [2.24, 2.45) is 0 Å². The molecule has 1 aliphatic carbocycles. The van der Waals surface area contributed by atoms with Gasteiger partial charge in [0.2, 0.25) is 17.7 Å². The van der Waals surface area contributed by atoms with Gasteiger partial charge in [-0.1, -0.05) is 33.6 Å². The third-order valence-electron chi connectivity index (χ3n) is 5.78. The third-order valence-corrected chi connectivity index (χ3v) is 6.60. The Balaban J connectivity index is 1.63. The van der Waals surface area contributed by atoms with Crippen LogP contribution < -0.4 is 15.4 Å². The summed E-state index contributed by atoms with van der Waals surface area (Å²) in [4.78, 5) is 13.1. The topological polar surface area (TPSA) is 113 Å². The summed E-state index contributed by atoms with van der Waals surface area (Å²) >= 11 is 9.12. The number of halogens is 8. The van der Waals surface area contributed by atoms with E-state index in [9.17, 15) is 36.4 Å². The number of rotatable bonds is 9. The normalized spacial score (nSPS) is 16.1. The molecule has 1 amide bonds. The largest absolute Gasteiger partial charge is 0.573 e. The van der Waals surface area contributed by atoms with E-state index < -0.39 is 59.2 Å². The van der Waals surface area contributed by atoms with Crippen molar-refractivity contribution in [1.29, 1.82) is 5.26 Å². The molecule has 1 saturated carbocycles. The van der Waals surface area contributed by atoms with Gasteiger partial charge in [0.15, 0.2) is 6.04 Å². The van der Waals surface area contributed by atoms with E-state index in [1.165, 1.54) is 0 Å². The van der Waals surface area contributed by atoms with Gasteiger partial charge in [-0.05, 0) is 61.2 Å². The Hall–Kier alpha value is -3.35. The van der Waals surface area contributed by atoms with Crippen LogP contribution in [0.3, 0.4) is 0 Å². The minimum Gasteiger partial charge on any atom is -0.419 e. The first kappa shape index (κ1) is 29.6. The molecule has 1 heterocycles. The van der Waals surface area contributed by atoms with E-state index in [2.05, 4.69) is 41.5 Å². The zero-order valence-electron chi connectivity index (χ0n) is 19.9. The van der Waals surface area contributed by atoms with Gasteiger partial charge in [-0.15, -0.1) is 23.4 Å². The molecule has 212 valence electrons. The molecule has 3 aromatic rings. The van der Waals surface area contributed by atoms with Crippen molar-refractivity contribution >= 4 is 33.4 Å². The third kappa shape index (κ3) is 7.43. The molecule has 8 nitrogen and oxygen atoms in total. The highest BCUT2D eigenvalue weighted by atomic mass is 79.9. The zero-order valence-corrected chi connectivity index (χ0v) is 22.2. The van der Waals surface area contributed by atoms with E-state index in [4.69, 9.17) is 16.0 Å². The van der Waals surface area contributed by atoms with Gasteiger partial charge >= 0.3 is 12.5 Å². The zero-order chi connectivity index (χ0) is 29.3. The Bertz CT molecular complexity index is 1420. The molecule has 0 radical (unpaired) electrons. The van der Waals surface area contributed by atoms with Crippen LogP contribution in [0.5, 0.6) is 5.75 Å². The highest BCUT2D eigenvalue weighted by Gasteiger charge is 2.49. The minimum absolute atomic E-state index is 0.107. The lowest BCUT2D eigenvalue weighted by Crippen LogP contribution is -2.52. The van der Waals surface area contributed by atoms with Crippen molar-refractivity contribution in [2.75, 3.05) is 0 Å². The van der Waals surface area contributed by atoms with Gasteiger partial charge in [-0.25, -0.2) is 0 Å². The molecule has 0 aliphatic heterocycles. The molecular formula is C24H17BrClF6N5O3. The van der Waals surface area contributed by atoms with Crippen LogP contribution >= 0.6 is 27.5 Å². The highest BCUT2D eigenvalue weighted by Crippen LogP contribution is 2.37. The molecule has 2 unspecified atom stereocenters. The summed E-state index contributed by atoms with van der Waals surface area (Å²) in [5.74, 6) is -2.76. The molecule has 16 heteroatoms. The quantitative estimate of drug-likeness (QED) is 0.272.